The average molecular weight is 463 g/mol. The second-order valence-electron chi connectivity index (χ2n) is 7.84. The van der Waals surface area contributed by atoms with Gasteiger partial charge in [0.15, 0.2) is 5.13 Å². The minimum atomic E-state index is -0.152. The van der Waals surface area contributed by atoms with Gasteiger partial charge in [0.05, 0.1) is 5.69 Å². The van der Waals surface area contributed by atoms with Gasteiger partial charge < -0.3 is 10.6 Å². The lowest BCUT2D eigenvalue weighted by Crippen LogP contribution is -2.12. The molecule has 0 saturated carbocycles. The Morgan fingerprint density at radius 2 is 1.68 bits per heavy atom. The highest BCUT2D eigenvalue weighted by molar-refractivity contribution is 7.14. The summed E-state index contributed by atoms with van der Waals surface area (Å²) < 4.78 is 0. The number of anilines is 3. The molecule has 0 saturated heterocycles. The van der Waals surface area contributed by atoms with Crippen molar-refractivity contribution in [3.05, 3.63) is 114 Å². The molecule has 3 aromatic carbocycles. The van der Waals surface area contributed by atoms with E-state index in [4.69, 9.17) is 0 Å². The topological polar surface area (TPSA) is 66.9 Å². The number of carbonyl (C=O) groups excluding carboxylic acids is 1. The van der Waals surface area contributed by atoms with Crippen LogP contribution in [0.3, 0.4) is 0 Å². The monoisotopic (exact) mass is 462 g/mol. The summed E-state index contributed by atoms with van der Waals surface area (Å²) in [6.07, 6.45) is 3.54. The van der Waals surface area contributed by atoms with Gasteiger partial charge in [-0.25, -0.2) is 4.98 Å². The molecule has 0 unspecified atom stereocenters. The Morgan fingerprint density at radius 1 is 0.853 bits per heavy atom. The zero-order chi connectivity index (χ0) is 23.3. The molecule has 5 aromatic rings. The quantitative estimate of drug-likeness (QED) is 0.281. The maximum absolute atomic E-state index is 13.0. The minimum absolute atomic E-state index is 0.152. The molecule has 2 N–H and O–H groups in total. The maximum atomic E-state index is 13.0. The lowest BCUT2D eigenvalue weighted by atomic mass is 10.0. The molecule has 0 aliphatic heterocycles. The predicted octanol–water partition coefficient (Wildman–Crippen LogP) is 7.18. The molecule has 2 aromatic heterocycles. The van der Waals surface area contributed by atoms with E-state index < -0.39 is 0 Å². The van der Waals surface area contributed by atoms with E-state index in [1.54, 1.807) is 12.4 Å². The predicted molar refractivity (Wildman–Crippen MR) is 140 cm³/mol. The second-order valence-corrected chi connectivity index (χ2v) is 8.69. The van der Waals surface area contributed by atoms with Crippen LogP contribution in [0, 0.1) is 6.92 Å². The zero-order valence-corrected chi connectivity index (χ0v) is 19.3. The Morgan fingerprint density at radius 3 is 2.50 bits per heavy atom. The molecule has 0 bridgehead atoms. The highest BCUT2D eigenvalue weighted by atomic mass is 32.1. The summed E-state index contributed by atoms with van der Waals surface area (Å²) in [5.41, 5.74) is 7.21. The van der Waals surface area contributed by atoms with Gasteiger partial charge in [-0.1, -0.05) is 48.5 Å². The van der Waals surface area contributed by atoms with Crippen molar-refractivity contribution in [1.29, 1.82) is 0 Å². The molecule has 0 aliphatic carbocycles. The first-order chi connectivity index (χ1) is 16.7. The molecule has 5 rings (SSSR count). The molecule has 0 atom stereocenters. The number of aryl methyl sites for hydroxylation is 1. The molecule has 5 nitrogen and oxygen atoms in total. The summed E-state index contributed by atoms with van der Waals surface area (Å²) in [7, 11) is 0. The van der Waals surface area contributed by atoms with Gasteiger partial charge in [0.2, 0.25) is 0 Å². The zero-order valence-electron chi connectivity index (χ0n) is 18.5. The van der Waals surface area contributed by atoms with Crippen molar-refractivity contribution in [2.45, 2.75) is 6.92 Å². The summed E-state index contributed by atoms with van der Waals surface area (Å²) in [5, 5.41) is 9.18. The Balaban J connectivity index is 1.32. The third-order valence-corrected chi connectivity index (χ3v) is 6.19. The first kappa shape index (κ1) is 21.6. The molecule has 1 amide bonds. The van der Waals surface area contributed by atoms with E-state index in [1.165, 1.54) is 11.3 Å². The highest BCUT2D eigenvalue weighted by Crippen LogP contribution is 2.29. The van der Waals surface area contributed by atoms with Crippen molar-refractivity contribution in [1.82, 2.24) is 9.97 Å². The first-order valence-electron chi connectivity index (χ1n) is 10.9. The van der Waals surface area contributed by atoms with Crippen LogP contribution in [0.25, 0.3) is 22.4 Å². The van der Waals surface area contributed by atoms with Gasteiger partial charge in [0, 0.05) is 40.3 Å². The van der Waals surface area contributed by atoms with Crippen molar-refractivity contribution in [3.63, 3.8) is 0 Å². The number of rotatable bonds is 6. The summed E-state index contributed by atoms with van der Waals surface area (Å²) in [6.45, 7) is 2.02. The number of nitrogens with one attached hydrogen (secondary N) is 2. The standard InChI is InChI=1S/C28H22N4OS/c1-19-12-13-24(16-25(19)31-28-32-26(18-34-28)23-11-6-14-29-17-23)30-27(33)22-10-5-9-21(15-22)20-7-3-2-4-8-20/h2-18H,1H3,(H,30,33)(H,31,32). The average Bonchev–Trinajstić information content (AvgIpc) is 3.36. The van der Waals surface area contributed by atoms with E-state index in [-0.39, 0.29) is 5.91 Å². The fourth-order valence-electron chi connectivity index (χ4n) is 3.60. The summed E-state index contributed by atoms with van der Waals surface area (Å²) in [6, 6.07) is 27.4. The number of hydrogen-bond donors (Lipinski definition) is 2. The lowest BCUT2D eigenvalue weighted by Gasteiger charge is -2.11. The molecule has 2 heterocycles. The first-order valence-corrected chi connectivity index (χ1v) is 11.7. The Kier molecular flexibility index (Phi) is 6.14. The van der Waals surface area contributed by atoms with Gasteiger partial charge in [-0.05, 0) is 60.0 Å². The summed E-state index contributed by atoms with van der Waals surface area (Å²) in [5.74, 6) is -0.152. The number of hydrogen-bond acceptors (Lipinski definition) is 5. The van der Waals surface area contributed by atoms with Crippen LogP contribution in [0.4, 0.5) is 16.5 Å². The fourth-order valence-corrected chi connectivity index (χ4v) is 4.33. The number of benzene rings is 3. The second kappa shape index (κ2) is 9.68. The van der Waals surface area contributed by atoms with E-state index in [1.807, 2.05) is 97.2 Å². The van der Waals surface area contributed by atoms with Crippen molar-refractivity contribution >= 4 is 33.8 Å². The van der Waals surface area contributed by atoms with Crippen LogP contribution < -0.4 is 10.6 Å². The number of nitrogens with zero attached hydrogens (tertiary/aromatic N) is 2. The van der Waals surface area contributed by atoms with E-state index >= 15 is 0 Å². The van der Waals surface area contributed by atoms with E-state index in [0.29, 0.717) is 11.3 Å². The Bertz CT molecular complexity index is 1430. The summed E-state index contributed by atoms with van der Waals surface area (Å²) >= 11 is 1.53. The number of pyridine rings is 1. The molecule has 34 heavy (non-hydrogen) atoms. The number of aromatic nitrogens is 2. The molecule has 166 valence electrons. The fraction of sp³-hybridized carbons (Fsp3) is 0.0357. The van der Waals surface area contributed by atoms with Crippen LogP contribution in [0.15, 0.2) is 103 Å². The molecular weight excluding hydrogens is 440 g/mol. The maximum Gasteiger partial charge on any atom is 0.255 e. The third-order valence-electron chi connectivity index (χ3n) is 5.43. The van der Waals surface area contributed by atoms with Gasteiger partial charge in [0.25, 0.3) is 5.91 Å². The van der Waals surface area contributed by atoms with Crippen LogP contribution in [-0.2, 0) is 0 Å². The van der Waals surface area contributed by atoms with Crippen LogP contribution >= 0.6 is 11.3 Å². The van der Waals surface area contributed by atoms with Gasteiger partial charge in [-0.3, -0.25) is 9.78 Å². The Labute approximate surface area is 202 Å². The van der Waals surface area contributed by atoms with Crippen molar-refractivity contribution in [2.24, 2.45) is 0 Å². The normalized spacial score (nSPS) is 10.6. The third kappa shape index (κ3) is 4.87. The number of thiazole rings is 1. The SMILES string of the molecule is Cc1ccc(NC(=O)c2cccc(-c3ccccc3)c2)cc1Nc1nc(-c2cccnc2)cs1. The van der Waals surface area contributed by atoms with Gasteiger partial charge in [-0.15, -0.1) is 11.3 Å². The Hall–Kier alpha value is -4.29. The molecule has 0 aliphatic rings. The van der Waals surface area contributed by atoms with Crippen molar-refractivity contribution in [2.75, 3.05) is 10.6 Å². The largest absolute Gasteiger partial charge is 0.331 e. The summed E-state index contributed by atoms with van der Waals surface area (Å²) in [4.78, 5) is 21.8. The van der Waals surface area contributed by atoms with E-state index in [9.17, 15) is 4.79 Å². The molecular formula is C28H22N4OS. The van der Waals surface area contributed by atoms with Gasteiger partial charge >= 0.3 is 0 Å². The number of amides is 1. The van der Waals surface area contributed by atoms with Crippen LogP contribution in [0.5, 0.6) is 0 Å². The van der Waals surface area contributed by atoms with Crippen LogP contribution in [-0.4, -0.2) is 15.9 Å². The van der Waals surface area contributed by atoms with Gasteiger partial charge in [0.1, 0.15) is 0 Å². The van der Waals surface area contributed by atoms with E-state index in [0.717, 1.165) is 38.8 Å². The van der Waals surface area contributed by atoms with Crippen molar-refractivity contribution in [3.8, 4) is 22.4 Å². The minimum Gasteiger partial charge on any atom is -0.331 e. The van der Waals surface area contributed by atoms with Crippen LogP contribution in [0.1, 0.15) is 15.9 Å². The van der Waals surface area contributed by atoms with E-state index in [2.05, 4.69) is 20.6 Å². The molecule has 0 fully saturated rings. The number of carbonyl (C=O) groups is 1. The highest BCUT2D eigenvalue weighted by Gasteiger charge is 2.11. The molecule has 0 radical (unpaired) electrons. The molecule has 6 heteroatoms. The smallest absolute Gasteiger partial charge is 0.255 e. The van der Waals surface area contributed by atoms with Crippen molar-refractivity contribution < 1.29 is 4.79 Å². The van der Waals surface area contributed by atoms with Gasteiger partial charge in [-0.2, -0.15) is 0 Å². The lowest BCUT2D eigenvalue weighted by molar-refractivity contribution is 0.102. The van der Waals surface area contributed by atoms with Crippen LogP contribution in [0.2, 0.25) is 0 Å². The molecule has 0 spiro atoms.